The maximum Gasteiger partial charge on any atom is 0.251 e. The largest absolute Gasteiger partial charge is 0.345 e. The van der Waals surface area contributed by atoms with Crippen molar-refractivity contribution >= 4 is 15.9 Å². The van der Waals surface area contributed by atoms with Crippen LogP contribution in [0.2, 0.25) is 0 Å². The number of rotatable bonds is 7. The van der Waals surface area contributed by atoms with Crippen LogP contribution in [0.4, 0.5) is 0 Å². The molecule has 0 aliphatic carbocycles. The van der Waals surface area contributed by atoms with Crippen LogP contribution in [0.1, 0.15) is 54.1 Å². The van der Waals surface area contributed by atoms with Crippen molar-refractivity contribution in [1.82, 2.24) is 19.4 Å². The van der Waals surface area contributed by atoms with E-state index in [0.717, 1.165) is 17.0 Å². The molecule has 7 nitrogen and oxygen atoms in total. The molecular formula is C19H28N4O3S. The van der Waals surface area contributed by atoms with Crippen molar-refractivity contribution in [1.29, 1.82) is 0 Å². The molecule has 1 amide bonds. The molecular weight excluding hydrogens is 364 g/mol. The Labute approximate surface area is 161 Å². The van der Waals surface area contributed by atoms with Gasteiger partial charge in [-0.1, -0.05) is 19.9 Å². The van der Waals surface area contributed by atoms with Gasteiger partial charge in [-0.2, -0.15) is 9.40 Å². The first-order chi connectivity index (χ1) is 12.6. The Kier molecular flexibility index (Phi) is 6.43. The maximum atomic E-state index is 12.7. The number of amides is 1. The molecule has 1 atom stereocenters. The summed E-state index contributed by atoms with van der Waals surface area (Å²) in [6.45, 7) is 10.1. The number of nitrogens with one attached hydrogen (secondary N) is 1. The second kappa shape index (κ2) is 8.22. The maximum absolute atomic E-state index is 12.7. The molecule has 0 aliphatic rings. The van der Waals surface area contributed by atoms with Crippen LogP contribution < -0.4 is 5.32 Å². The predicted molar refractivity (Wildman–Crippen MR) is 105 cm³/mol. The van der Waals surface area contributed by atoms with Gasteiger partial charge in [-0.25, -0.2) is 8.42 Å². The van der Waals surface area contributed by atoms with E-state index in [2.05, 4.69) is 10.4 Å². The SMILES string of the molecule is CCN(CC)S(=O)(=O)c1cccc(C(=O)NC(C)c2c(C)nn(C)c2C)c1. The van der Waals surface area contributed by atoms with Gasteiger partial charge in [0.2, 0.25) is 10.0 Å². The van der Waals surface area contributed by atoms with Crippen LogP contribution in [0.5, 0.6) is 0 Å². The van der Waals surface area contributed by atoms with Crippen LogP contribution in [-0.4, -0.2) is 41.5 Å². The Morgan fingerprint density at radius 1 is 1.26 bits per heavy atom. The van der Waals surface area contributed by atoms with E-state index in [1.165, 1.54) is 16.4 Å². The molecule has 148 valence electrons. The lowest BCUT2D eigenvalue weighted by Crippen LogP contribution is -2.31. The number of nitrogens with zero attached hydrogens (tertiary/aromatic N) is 3. The summed E-state index contributed by atoms with van der Waals surface area (Å²) < 4.78 is 28.5. The highest BCUT2D eigenvalue weighted by Gasteiger charge is 2.23. The average molecular weight is 393 g/mol. The van der Waals surface area contributed by atoms with E-state index in [1.807, 2.05) is 27.8 Å². The fourth-order valence-corrected chi connectivity index (χ4v) is 4.78. The van der Waals surface area contributed by atoms with Crippen LogP contribution in [0, 0.1) is 13.8 Å². The highest BCUT2D eigenvalue weighted by atomic mass is 32.2. The number of sulfonamides is 1. The third-order valence-corrected chi connectivity index (χ3v) is 6.83. The average Bonchev–Trinajstić information content (AvgIpc) is 2.87. The topological polar surface area (TPSA) is 84.3 Å². The molecule has 8 heteroatoms. The zero-order valence-corrected chi connectivity index (χ0v) is 17.6. The Hall–Kier alpha value is -2.19. The smallest absolute Gasteiger partial charge is 0.251 e. The number of aromatic nitrogens is 2. The van der Waals surface area contributed by atoms with Gasteiger partial charge in [-0.05, 0) is 39.0 Å². The Balaban J connectivity index is 2.28. The Morgan fingerprint density at radius 2 is 1.89 bits per heavy atom. The first kappa shape index (κ1) is 21.1. The summed E-state index contributed by atoms with van der Waals surface area (Å²) in [5.41, 5.74) is 3.13. The molecule has 0 saturated carbocycles. The molecule has 0 aliphatic heterocycles. The Morgan fingerprint density at radius 3 is 2.41 bits per heavy atom. The van der Waals surface area contributed by atoms with Crippen molar-refractivity contribution < 1.29 is 13.2 Å². The van der Waals surface area contributed by atoms with E-state index in [1.54, 1.807) is 30.7 Å². The van der Waals surface area contributed by atoms with E-state index in [0.29, 0.717) is 18.7 Å². The first-order valence-corrected chi connectivity index (χ1v) is 10.5. The molecule has 1 unspecified atom stereocenters. The van der Waals surface area contributed by atoms with E-state index < -0.39 is 10.0 Å². The minimum Gasteiger partial charge on any atom is -0.345 e. The molecule has 2 aromatic rings. The molecule has 0 fully saturated rings. The fourth-order valence-electron chi connectivity index (χ4n) is 3.28. The van der Waals surface area contributed by atoms with Gasteiger partial charge in [0.05, 0.1) is 16.6 Å². The molecule has 0 bridgehead atoms. The van der Waals surface area contributed by atoms with Crippen LogP contribution in [0.25, 0.3) is 0 Å². The third-order valence-electron chi connectivity index (χ3n) is 4.79. The molecule has 1 N–H and O–H groups in total. The summed E-state index contributed by atoms with van der Waals surface area (Å²) in [7, 11) is -1.74. The minimum absolute atomic E-state index is 0.125. The fraction of sp³-hybridized carbons (Fsp3) is 0.474. The van der Waals surface area contributed by atoms with E-state index in [9.17, 15) is 13.2 Å². The molecule has 0 spiro atoms. The lowest BCUT2D eigenvalue weighted by Gasteiger charge is -2.19. The number of hydrogen-bond acceptors (Lipinski definition) is 4. The molecule has 27 heavy (non-hydrogen) atoms. The van der Waals surface area contributed by atoms with Gasteiger partial charge in [-0.15, -0.1) is 0 Å². The van der Waals surface area contributed by atoms with Crippen molar-refractivity contribution in [3.8, 4) is 0 Å². The Bertz CT molecular complexity index is 930. The summed E-state index contributed by atoms with van der Waals surface area (Å²) >= 11 is 0. The van der Waals surface area contributed by atoms with E-state index >= 15 is 0 Å². The molecule has 2 rings (SSSR count). The van der Waals surface area contributed by atoms with Gasteiger partial charge in [-0.3, -0.25) is 9.48 Å². The van der Waals surface area contributed by atoms with E-state index in [4.69, 9.17) is 0 Å². The van der Waals surface area contributed by atoms with Crippen LogP contribution in [-0.2, 0) is 17.1 Å². The van der Waals surface area contributed by atoms with Gasteiger partial charge in [0, 0.05) is 37.0 Å². The number of aryl methyl sites for hydroxylation is 2. The summed E-state index contributed by atoms with van der Waals surface area (Å²) in [5.74, 6) is -0.318. The van der Waals surface area contributed by atoms with E-state index in [-0.39, 0.29) is 16.8 Å². The van der Waals surface area contributed by atoms with Crippen LogP contribution in [0.3, 0.4) is 0 Å². The van der Waals surface area contributed by atoms with Crippen molar-refractivity contribution in [2.75, 3.05) is 13.1 Å². The lowest BCUT2D eigenvalue weighted by atomic mass is 10.1. The molecule has 0 radical (unpaired) electrons. The lowest BCUT2D eigenvalue weighted by molar-refractivity contribution is 0.0939. The first-order valence-electron chi connectivity index (χ1n) is 9.04. The molecule has 1 aromatic heterocycles. The number of hydrogen-bond donors (Lipinski definition) is 1. The molecule has 1 heterocycles. The van der Waals surface area contributed by atoms with Gasteiger partial charge in [0.1, 0.15) is 0 Å². The third kappa shape index (κ3) is 4.22. The minimum atomic E-state index is -3.61. The number of carbonyl (C=O) groups is 1. The summed E-state index contributed by atoms with van der Waals surface area (Å²) in [5, 5.41) is 7.32. The number of benzene rings is 1. The summed E-state index contributed by atoms with van der Waals surface area (Å²) in [4.78, 5) is 12.8. The number of carbonyl (C=O) groups excluding carboxylic acids is 1. The van der Waals surface area contributed by atoms with Gasteiger partial charge in [0.25, 0.3) is 5.91 Å². The standard InChI is InChI=1S/C19H28N4O3S/c1-7-23(8-2)27(25,26)17-11-9-10-16(12-17)19(24)20-13(3)18-14(4)21-22(6)15(18)5/h9-13H,7-8H2,1-6H3,(H,20,24). The zero-order chi connectivity index (χ0) is 20.4. The van der Waals surface area contributed by atoms with Crippen molar-refractivity contribution in [3.63, 3.8) is 0 Å². The summed E-state index contributed by atoms with van der Waals surface area (Å²) in [6, 6.07) is 5.92. The quantitative estimate of drug-likeness (QED) is 0.785. The van der Waals surface area contributed by atoms with Crippen molar-refractivity contribution in [2.45, 2.75) is 45.6 Å². The van der Waals surface area contributed by atoms with Crippen molar-refractivity contribution in [2.24, 2.45) is 7.05 Å². The second-order valence-corrected chi connectivity index (χ2v) is 8.46. The monoisotopic (exact) mass is 392 g/mol. The van der Waals surface area contributed by atoms with Crippen LogP contribution >= 0.6 is 0 Å². The highest BCUT2D eigenvalue weighted by Crippen LogP contribution is 2.22. The molecule has 1 aromatic carbocycles. The predicted octanol–water partition coefficient (Wildman–Crippen LogP) is 2.56. The van der Waals surface area contributed by atoms with Crippen molar-refractivity contribution in [3.05, 3.63) is 46.8 Å². The molecule has 0 saturated heterocycles. The highest BCUT2D eigenvalue weighted by molar-refractivity contribution is 7.89. The van der Waals surface area contributed by atoms with Gasteiger partial charge in [0.15, 0.2) is 0 Å². The summed E-state index contributed by atoms with van der Waals surface area (Å²) in [6.07, 6.45) is 0. The van der Waals surface area contributed by atoms with Crippen LogP contribution in [0.15, 0.2) is 29.2 Å². The second-order valence-electron chi connectivity index (χ2n) is 6.52. The van der Waals surface area contributed by atoms with Gasteiger partial charge < -0.3 is 5.32 Å². The van der Waals surface area contributed by atoms with Gasteiger partial charge >= 0.3 is 0 Å². The zero-order valence-electron chi connectivity index (χ0n) is 16.8. The normalized spacial score (nSPS) is 13.0.